The maximum Gasteiger partial charge on any atom is 0.280 e. The second-order valence-corrected chi connectivity index (χ2v) is 8.38. The average Bonchev–Trinajstić information content (AvgIpc) is 3.45. The number of likely N-dealkylation sites (tertiary alicyclic amines) is 1. The molecule has 7 heteroatoms. The van der Waals surface area contributed by atoms with Crippen molar-refractivity contribution in [2.24, 2.45) is 0 Å². The minimum atomic E-state index is -0.244. The fourth-order valence-electron chi connectivity index (χ4n) is 4.38. The van der Waals surface area contributed by atoms with Gasteiger partial charge < -0.3 is 4.90 Å². The zero-order valence-electron chi connectivity index (χ0n) is 15.4. The number of thiophene rings is 1. The standard InChI is InChI=1S/C21H20N4O2S/c26-17(12-15-6-11-28-13-15)24-9-7-21(14-24)8-10-25-19(27)18(22-23-20(21)25)16-4-2-1-3-5-16/h1-6,11,13H,7-10,12,14H2/t21-/m1/s1. The first-order valence-electron chi connectivity index (χ1n) is 9.49. The maximum atomic E-state index is 13.0. The van der Waals surface area contributed by atoms with E-state index in [1.165, 1.54) is 0 Å². The fourth-order valence-corrected chi connectivity index (χ4v) is 5.05. The molecule has 1 amide bonds. The second kappa shape index (κ2) is 6.67. The molecule has 4 heterocycles. The Kier molecular flexibility index (Phi) is 4.12. The van der Waals surface area contributed by atoms with Crippen molar-refractivity contribution in [1.82, 2.24) is 19.7 Å². The van der Waals surface area contributed by atoms with E-state index < -0.39 is 0 Å². The van der Waals surface area contributed by atoms with Crippen LogP contribution in [0.5, 0.6) is 0 Å². The number of rotatable bonds is 3. The molecule has 0 radical (unpaired) electrons. The van der Waals surface area contributed by atoms with Crippen molar-refractivity contribution in [3.8, 4) is 11.3 Å². The van der Waals surface area contributed by atoms with E-state index in [9.17, 15) is 9.59 Å². The first-order chi connectivity index (χ1) is 13.7. The van der Waals surface area contributed by atoms with Crippen LogP contribution in [0, 0.1) is 0 Å². The first-order valence-corrected chi connectivity index (χ1v) is 10.4. The van der Waals surface area contributed by atoms with E-state index in [0.717, 1.165) is 29.8 Å². The molecule has 142 valence electrons. The van der Waals surface area contributed by atoms with E-state index in [1.807, 2.05) is 52.1 Å². The molecule has 0 N–H and O–H groups in total. The highest BCUT2D eigenvalue weighted by Crippen LogP contribution is 2.40. The average molecular weight is 392 g/mol. The maximum absolute atomic E-state index is 13.0. The molecule has 2 aliphatic heterocycles. The van der Waals surface area contributed by atoms with Gasteiger partial charge in [-0.1, -0.05) is 30.3 Å². The van der Waals surface area contributed by atoms with Crippen molar-refractivity contribution in [1.29, 1.82) is 0 Å². The summed E-state index contributed by atoms with van der Waals surface area (Å²) in [5.74, 6) is 0.882. The van der Waals surface area contributed by atoms with Gasteiger partial charge in [-0.25, -0.2) is 0 Å². The van der Waals surface area contributed by atoms with Crippen LogP contribution in [0.25, 0.3) is 11.3 Å². The molecule has 2 aromatic heterocycles. The van der Waals surface area contributed by atoms with Crippen LogP contribution >= 0.6 is 11.3 Å². The minimum absolute atomic E-state index is 0.0869. The van der Waals surface area contributed by atoms with Crippen molar-refractivity contribution < 1.29 is 4.79 Å². The lowest BCUT2D eigenvalue weighted by Gasteiger charge is -2.23. The molecule has 0 bridgehead atoms. The molecular formula is C21H20N4O2S. The normalized spacial score (nSPS) is 20.6. The molecule has 28 heavy (non-hydrogen) atoms. The topological polar surface area (TPSA) is 68.1 Å². The number of hydrogen-bond donors (Lipinski definition) is 0. The van der Waals surface area contributed by atoms with Gasteiger partial charge in [0.05, 0.1) is 11.8 Å². The van der Waals surface area contributed by atoms with Gasteiger partial charge in [-0.05, 0) is 35.2 Å². The number of fused-ring (bicyclic) bond motifs is 2. The number of amides is 1. The highest BCUT2D eigenvalue weighted by atomic mass is 32.1. The van der Waals surface area contributed by atoms with Crippen molar-refractivity contribution in [3.63, 3.8) is 0 Å². The molecule has 0 unspecified atom stereocenters. The van der Waals surface area contributed by atoms with Gasteiger partial charge in [-0.3, -0.25) is 14.2 Å². The second-order valence-electron chi connectivity index (χ2n) is 7.60. The lowest BCUT2D eigenvalue weighted by atomic mass is 9.85. The Labute approximate surface area is 166 Å². The molecule has 5 rings (SSSR count). The van der Waals surface area contributed by atoms with Crippen molar-refractivity contribution >= 4 is 17.2 Å². The number of hydrogen-bond acceptors (Lipinski definition) is 5. The largest absolute Gasteiger partial charge is 0.341 e. The lowest BCUT2D eigenvalue weighted by Crippen LogP contribution is -2.36. The van der Waals surface area contributed by atoms with Crippen LogP contribution < -0.4 is 5.56 Å². The Hall–Kier alpha value is -2.80. The number of aromatic nitrogens is 3. The van der Waals surface area contributed by atoms with Gasteiger partial charge >= 0.3 is 0 Å². The zero-order valence-corrected chi connectivity index (χ0v) is 16.2. The van der Waals surface area contributed by atoms with Gasteiger partial charge in [0.15, 0.2) is 5.69 Å². The molecule has 0 saturated carbocycles. The van der Waals surface area contributed by atoms with E-state index in [4.69, 9.17) is 0 Å². The number of benzene rings is 1. The van der Waals surface area contributed by atoms with Crippen molar-refractivity contribution in [2.75, 3.05) is 13.1 Å². The summed E-state index contributed by atoms with van der Waals surface area (Å²) in [6.07, 6.45) is 2.10. The van der Waals surface area contributed by atoms with Crippen LogP contribution in [0.1, 0.15) is 24.2 Å². The molecular weight excluding hydrogens is 372 g/mol. The van der Waals surface area contributed by atoms with Crippen LogP contribution in [-0.4, -0.2) is 38.7 Å². The van der Waals surface area contributed by atoms with Gasteiger partial charge in [0.2, 0.25) is 5.91 Å². The Bertz CT molecular complexity index is 1080. The number of carbonyl (C=O) groups excluding carboxylic acids is 1. The molecule has 1 atom stereocenters. The third-order valence-corrected chi connectivity index (χ3v) is 6.66. The van der Waals surface area contributed by atoms with Crippen LogP contribution in [0.3, 0.4) is 0 Å². The summed E-state index contributed by atoms with van der Waals surface area (Å²) in [6.45, 7) is 1.96. The highest BCUT2D eigenvalue weighted by molar-refractivity contribution is 7.08. The SMILES string of the molecule is O=C(Cc1ccsc1)N1CC[C@@]2(CCn3c2nnc(-c2ccccc2)c3=O)C1. The summed E-state index contributed by atoms with van der Waals surface area (Å²) >= 11 is 1.61. The molecule has 1 fully saturated rings. The third-order valence-electron chi connectivity index (χ3n) is 5.93. The lowest BCUT2D eigenvalue weighted by molar-refractivity contribution is -0.129. The highest BCUT2D eigenvalue weighted by Gasteiger charge is 2.48. The van der Waals surface area contributed by atoms with E-state index in [2.05, 4.69) is 10.2 Å². The number of nitrogens with zero attached hydrogens (tertiary/aromatic N) is 4. The molecule has 1 saturated heterocycles. The van der Waals surface area contributed by atoms with Crippen molar-refractivity contribution in [2.45, 2.75) is 31.2 Å². The Morgan fingerprint density at radius 3 is 2.71 bits per heavy atom. The quantitative estimate of drug-likeness (QED) is 0.687. The molecule has 1 aromatic carbocycles. The van der Waals surface area contributed by atoms with Crippen LogP contribution in [0.15, 0.2) is 52.0 Å². The van der Waals surface area contributed by atoms with E-state index in [-0.39, 0.29) is 16.9 Å². The minimum Gasteiger partial charge on any atom is -0.341 e. The summed E-state index contributed by atoms with van der Waals surface area (Å²) in [5, 5.41) is 12.8. The van der Waals surface area contributed by atoms with Gasteiger partial charge in [0.25, 0.3) is 5.56 Å². The van der Waals surface area contributed by atoms with Gasteiger partial charge in [0.1, 0.15) is 5.82 Å². The van der Waals surface area contributed by atoms with Crippen LogP contribution in [0.2, 0.25) is 0 Å². The molecule has 0 aliphatic carbocycles. The summed E-state index contributed by atoms with van der Waals surface area (Å²) in [5.41, 5.74) is 1.91. The fraction of sp³-hybridized carbons (Fsp3) is 0.333. The Balaban J connectivity index is 1.42. The van der Waals surface area contributed by atoms with E-state index >= 15 is 0 Å². The summed E-state index contributed by atoms with van der Waals surface area (Å²) in [6, 6.07) is 11.5. The van der Waals surface area contributed by atoms with Crippen LogP contribution in [-0.2, 0) is 23.2 Å². The number of carbonyl (C=O) groups is 1. The predicted octanol–water partition coefficient (Wildman–Crippen LogP) is 2.48. The van der Waals surface area contributed by atoms with Crippen molar-refractivity contribution in [3.05, 3.63) is 68.9 Å². The Morgan fingerprint density at radius 1 is 1.11 bits per heavy atom. The monoisotopic (exact) mass is 392 g/mol. The first kappa shape index (κ1) is 17.3. The van der Waals surface area contributed by atoms with Gasteiger partial charge in [-0.2, -0.15) is 11.3 Å². The van der Waals surface area contributed by atoms with Gasteiger partial charge in [0, 0.05) is 25.2 Å². The summed E-state index contributed by atoms with van der Waals surface area (Å²) in [7, 11) is 0. The molecule has 6 nitrogen and oxygen atoms in total. The Morgan fingerprint density at radius 2 is 1.93 bits per heavy atom. The third kappa shape index (κ3) is 2.77. The molecule has 2 aliphatic rings. The zero-order chi connectivity index (χ0) is 19.1. The van der Waals surface area contributed by atoms with Gasteiger partial charge in [-0.15, -0.1) is 10.2 Å². The van der Waals surface area contributed by atoms with Crippen LogP contribution in [0.4, 0.5) is 0 Å². The smallest absolute Gasteiger partial charge is 0.280 e. The molecule has 1 spiro atoms. The van der Waals surface area contributed by atoms with E-state index in [1.54, 1.807) is 15.9 Å². The predicted molar refractivity (Wildman–Crippen MR) is 107 cm³/mol. The summed E-state index contributed by atoms with van der Waals surface area (Å²) < 4.78 is 1.77. The summed E-state index contributed by atoms with van der Waals surface area (Å²) in [4.78, 5) is 27.6. The van der Waals surface area contributed by atoms with E-state index in [0.29, 0.717) is 31.7 Å². The molecule has 3 aromatic rings.